The zero-order valence-corrected chi connectivity index (χ0v) is 16.6. The Bertz CT molecular complexity index is 808. The topological polar surface area (TPSA) is 54.8 Å². The highest BCUT2D eigenvalue weighted by atomic mass is 32.1. The van der Waals surface area contributed by atoms with Crippen molar-refractivity contribution in [2.75, 3.05) is 49.5 Å². The highest BCUT2D eigenvalue weighted by Gasteiger charge is 2.33. The molecule has 2 N–H and O–H groups in total. The van der Waals surface area contributed by atoms with Gasteiger partial charge in [-0.25, -0.2) is 0 Å². The number of amidine groups is 1. The van der Waals surface area contributed by atoms with E-state index in [0.717, 1.165) is 38.4 Å². The van der Waals surface area contributed by atoms with E-state index >= 15 is 0 Å². The van der Waals surface area contributed by atoms with E-state index in [4.69, 9.17) is 22.4 Å². The third-order valence-electron chi connectivity index (χ3n) is 5.14. The molecule has 0 bridgehead atoms. The fourth-order valence-electron chi connectivity index (χ4n) is 3.64. The first-order valence-electron chi connectivity index (χ1n) is 9.60. The molecular formula is C21H25N5OS. The van der Waals surface area contributed by atoms with Crippen LogP contribution in [-0.4, -0.2) is 66.3 Å². The Morgan fingerprint density at radius 1 is 1.00 bits per heavy atom. The van der Waals surface area contributed by atoms with Crippen LogP contribution >= 0.6 is 12.2 Å². The van der Waals surface area contributed by atoms with Crippen LogP contribution in [0.4, 0.5) is 11.4 Å². The predicted molar refractivity (Wildman–Crippen MR) is 117 cm³/mol. The van der Waals surface area contributed by atoms with E-state index in [9.17, 15) is 0 Å². The third-order valence-corrected chi connectivity index (χ3v) is 5.46. The molecule has 7 heteroatoms. The average molecular weight is 396 g/mol. The van der Waals surface area contributed by atoms with Gasteiger partial charge < -0.3 is 15.0 Å². The number of piperazine rings is 1. The monoisotopic (exact) mass is 395 g/mol. The summed E-state index contributed by atoms with van der Waals surface area (Å²) in [6, 6.07) is 20.4. The van der Waals surface area contributed by atoms with Gasteiger partial charge in [0, 0.05) is 44.1 Å². The van der Waals surface area contributed by atoms with Crippen molar-refractivity contribution in [1.29, 1.82) is 5.41 Å². The van der Waals surface area contributed by atoms with Gasteiger partial charge in [-0.05, 0) is 36.5 Å². The first-order chi connectivity index (χ1) is 13.7. The number of thiocarbonyl (C=S) groups is 1. The van der Waals surface area contributed by atoms with Crippen LogP contribution in [0.15, 0.2) is 60.7 Å². The molecule has 2 fully saturated rings. The number of para-hydroxylation sites is 2. The summed E-state index contributed by atoms with van der Waals surface area (Å²) >= 11 is 5.47. The Morgan fingerprint density at radius 3 is 2.32 bits per heavy atom. The highest BCUT2D eigenvalue weighted by Crippen LogP contribution is 2.18. The molecule has 6 nitrogen and oxygen atoms in total. The second kappa shape index (κ2) is 8.58. The Balaban J connectivity index is 1.26. The van der Waals surface area contributed by atoms with Gasteiger partial charge in [0.15, 0.2) is 5.11 Å². The van der Waals surface area contributed by atoms with Gasteiger partial charge in [-0.15, -0.1) is 0 Å². The SMILES string of the molecule is N=C1OC(CN2CCN(c3ccccc3)CC2)CN1C(=S)Nc1ccccc1. The van der Waals surface area contributed by atoms with Gasteiger partial charge in [0.2, 0.25) is 0 Å². The van der Waals surface area contributed by atoms with Crippen LogP contribution in [0.2, 0.25) is 0 Å². The maximum absolute atomic E-state index is 8.14. The molecule has 2 aromatic rings. The van der Waals surface area contributed by atoms with E-state index < -0.39 is 0 Å². The van der Waals surface area contributed by atoms with E-state index in [1.54, 1.807) is 4.90 Å². The zero-order valence-electron chi connectivity index (χ0n) is 15.8. The molecule has 28 heavy (non-hydrogen) atoms. The van der Waals surface area contributed by atoms with Gasteiger partial charge >= 0.3 is 0 Å². The minimum Gasteiger partial charge on any atom is -0.458 e. The normalized spacial score (nSPS) is 20.1. The van der Waals surface area contributed by atoms with Crippen molar-refractivity contribution in [1.82, 2.24) is 9.80 Å². The molecule has 0 spiro atoms. The summed E-state index contributed by atoms with van der Waals surface area (Å²) < 4.78 is 5.77. The Hall–Kier alpha value is -2.64. The highest BCUT2D eigenvalue weighted by molar-refractivity contribution is 7.80. The molecular weight excluding hydrogens is 370 g/mol. The van der Waals surface area contributed by atoms with Gasteiger partial charge in [0.1, 0.15) is 6.10 Å². The molecule has 1 atom stereocenters. The summed E-state index contributed by atoms with van der Waals surface area (Å²) in [5.41, 5.74) is 2.20. The number of ether oxygens (including phenoxy) is 1. The van der Waals surface area contributed by atoms with E-state index in [1.807, 2.05) is 30.3 Å². The molecule has 2 aliphatic rings. The van der Waals surface area contributed by atoms with E-state index in [2.05, 4.69) is 45.4 Å². The van der Waals surface area contributed by atoms with Gasteiger partial charge in [0.05, 0.1) is 6.54 Å². The van der Waals surface area contributed by atoms with E-state index in [0.29, 0.717) is 11.7 Å². The minimum atomic E-state index is -0.0358. The molecule has 2 saturated heterocycles. The van der Waals surface area contributed by atoms with Crippen molar-refractivity contribution in [3.05, 3.63) is 60.7 Å². The summed E-state index contributed by atoms with van der Waals surface area (Å²) in [4.78, 5) is 6.56. The predicted octanol–water partition coefficient (Wildman–Crippen LogP) is 2.84. The number of hydrogen-bond donors (Lipinski definition) is 2. The zero-order chi connectivity index (χ0) is 19.3. The van der Waals surface area contributed by atoms with Crippen molar-refractivity contribution in [2.24, 2.45) is 0 Å². The average Bonchev–Trinajstić information content (AvgIpc) is 3.10. The molecule has 4 rings (SSSR count). The van der Waals surface area contributed by atoms with Gasteiger partial charge in [-0.1, -0.05) is 36.4 Å². The van der Waals surface area contributed by atoms with Crippen molar-refractivity contribution >= 4 is 34.7 Å². The molecule has 1 unspecified atom stereocenters. The molecule has 0 amide bonds. The lowest BCUT2D eigenvalue weighted by Gasteiger charge is -2.36. The number of hydrogen-bond acceptors (Lipinski definition) is 5. The summed E-state index contributed by atoms with van der Waals surface area (Å²) in [5.74, 6) is 0. The molecule has 146 valence electrons. The lowest BCUT2D eigenvalue weighted by Crippen LogP contribution is -2.49. The molecule has 0 aromatic heterocycles. The summed E-state index contributed by atoms with van der Waals surface area (Å²) in [5, 5.41) is 11.8. The van der Waals surface area contributed by atoms with E-state index in [1.165, 1.54) is 5.69 Å². The quantitative estimate of drug-likeness (QED) is 0.777. The number of nitrogens with one attached hydrogen (secondary N) is 2. The maximum Gasteiger partial charge on any atom is 0.291 e. The third kappa shape index (κ3) is 4.43. The maximum atomic E-state index is 8.14. The fourth-order valence-corrected chi connectivity index (χ4v) is 3.92. The number of anilines is 2. The van der Waals surface area contributed by atoms with Crippen molar-refractivity contribution in [3.8, 4) is 0 Å². The van der Waals surface area contributed by atoms with Crippen LogP contribution in [0, 0.1) is 5.41 Å². The van der Waals surface area contributed by atoms with Crippen LogP contribution in [0.5, 0.6) is 0 Å². The van der Waals surface area contributed by atoms with Gasteiger partial charge in [-0.2, -0.15) is 0 Å². The summed E-state index contributed by atoms with van der Waals surface area (Å²) in [6.45, 7) is 5.42. The number of benzene rings is 2. The van der Waals surface area contributed by atoms with Crippen molar-refractivity contribution in [2.45, 2.75) is 6.10 Å². The minimum absolute atomic E-state index is 0.0358. The van der Waals surface area contributed by atoms with Crippen LogP contribution in [0.3, 0.4) is 0 Å². The van der Waals surface area contributed by atoms with Crippen LogP contribution < -0.4 is 10.2 Å². The van der Waals surface area contributed by atoms with Crippen LogP contribution in [-0.2, 0) is 4.74 Å². The molecule has 2 heterocycles. The lowest BCUT2D eigenvalue weighted by molar-refractivity contribution is 0.143. The van der Waals surface area contributed by atoms with Gasteiger partial charge in [0.25, 0.3) is 6.02 Å². The standard InChI is InChI=1S/C21H25N5OS/c22-20-26(21(28)23-17-7-3-1-4-8-17)16-19(27-20)15-24-11-13-25(14-12-24)18-9-5-2-6-10-18/h1-10,19,22H,11-16H2,(H,23,28). The van der Waals surface area contributed by atoms with Gasteiger partial charge in [-0.3, -0.25) is 15.2 Å². The largest absolute Gasteiger partial charge is 0.458 e. The first kappa shape index (κ1) is 18.7. The Kier molecular flexibility index (Phi) is 5.73. The van der Waals surface area contributed by atoms with E-state index in [-0.39, 0.29) is 12.1 Å². The Labute approximate surface area is 171 Å². The van der Waals surface area contributed by atoms with Crippen LogP contribution in [0.1, 0.15) is 0 Å². The number of nitrogens with zero attached hydrogens (tertiary/aromatic N) is 3. The smallest absolute Gasteiger partial charge is 0.291 e. The Morgan fingerprint density at radius 2 is 1.64 bits per heavy atom. The molecule has 2 aliphatic heterocycles. The molecule has 2 aromatic carbocycles. The molecule has 0 saturated carbocycles. The summed E-state index contributed by atoms with van der Waals surface area (Å²) in [6.07, 6.45) is -0.0358. The van der Waals surface area contributed by atoms with Crippen molar-refractivity contribution < 1.29 is 4.74 Å². The second-order valence-corrected chi connectivity index (χ2v) is 7.46. The van der Waals surface area contributed by atoms with Crippen molar-refractivity contribution in [3.63, 3.8) is 0 Å². The first-order valence-corrected chi connectivity index (χ1v) is 10.0. The molecule has 0 aliphatic carbocycles. The summed E-state index contributed by atoms with van der Waals surface area (Å²) in [7, 11) is 0. The lowest BCUT2D eigenvalue weighted by atomic mass is 10.2. The number of rotatable bonds is 4. The molecule has 0 radical (unpaired) electrons. The van der Waals surface area contributed by atoms with Crippen LogP contribution in [0.25, 0.3) is 0 Å². The fraction of sp³-hybridized carbons (Fsp3) is 0.333. The second-order valence-electron chi connectivity index (χ2n) is 7.08.